The Hall–Kier alpha value is -2.34. The number of methoxy groups -OCH3 is 1. The fourth-order valence-corrected chi connectivity index (χ4v) is 8.98. The van der Waals surface area contributed by atoms with Gasteiger partial charge in [0.15, 0.2) is 17.3 Å². The van der Waals surface area contributed by atoms with E-state index in [1.165, 1.54) is 7.11 Å². The van der Waals surface area contributed by atoms with E-state index in [4.69, 9.17) is 4.74 Å². The fourth-order valence-electron chi connectivity index (χ4n) is 8.98. The predicted molar refractivity (Wildman–Crippen MR) is 136 cm³/mol. The summed E-state index contributed by atoms with van der Waals surface area (Å²) in [6.07, 6.45) is 7.73. The molecular weight excluding hydrogens is 456 g/mol. The Morgan fingerprint density at radius 3 is 2.33 bits per heavy atom. The van der Waals surface area contributed by atoms with Gasteiger partial charge in [0.2, 0.25) is 0 Å². The van der Waals surface area contributed by atoms with E-state index in [2.05, 4.69) is 27.7 Å². The topological polar surface area (TPSA) is 104 Å². The first kappa shape index (κ1) is 25.3. The van der Waals surface area contributed by atoms with Crippen LogP contribution in [-0.2, 0) is 16.8 Å². The summed E-state index contributed by atoms with van der Waals surface area (Å²) < 4.78 is 5.35. The smallest absolute Gasteiger partial charge is 0.309 e. The van der Waals surface area contributed by atoms with Crippen LogP contribution in [0.25, 0.3) is 0 Å². The molecule has 0 radical (unpaired) electrons. The standard InChI is InChI=1S/C30H40O6/c1-26-7-8-27(2,25(34)35)15-22(26)30(5)12-10-28(3)18-13-20(33)24(36-6)17(16-31)23(18)19(32)14-21(28)29(30,4)11-9-26/h13-14,22,31,33H,7-12,15-16H2,1-6H3,(H,34,35)/t22-,26-,27-,28+,29-,30+/m1/s1. The highest BCUT2D eigenvalue weighted by Gasteiger charge is 2.67. The number of ketones is 1. The number of rotatable bonds is 3. The predicted octanol–water partition coefficient (Wildman–Crippen LogP) is 5.77. The maximum Gasteiger partial charge on any atom is 0.309 e. The van der Waals surface area contributed by atoms with Crippen molar-refractivity contribution < 1.29 is 29.6 Å². The van der Waals surface area contributed by atoms with Crippen LogP contribution in [0, 0.1) is 27.6 Å². The number of allylic oxidation sites excluding steroid dienone is 2. The molecule has 6 atom stereocenters. The Morgan fingerprint density at radius 2 is 1.72 bits per heavy atom. The minimum atomic E-state index is -0.728. The highest BCUT2D eigenvalue weighted by Crippen LogP contribution is 2.74. The molecule has 0 bridgehead atoms. The molecule has 0 spiro atoms. The Morgan fingerprint density at radius 1 is 1.06 bits per heavy atom. The van der Waals surface area contributed by atoms with E-state index in [1.807, 2.05) is 6.92 Å². The van der Waals surface area contributed by atoms with E-state index in [0.29, 0.717) is 24.0 Å². The van der Waals surface area contributed by atoms with Crippen molar-refractivity contribution >= 4 is 11.8 Å². The lowest BCUT2D eigenvalue weighted by Crippen LogP contribution is -2.62. The second-order valence-electron chi connectivity index (χ2n) is 13.3. The average Bonchev–Trinajstić information content (AvgIpc) is 2.83. The van der Waals surface area contributed by atoms with E-state index in [1.54, 1.807) is 12.1 Å². The van der Waals surface area contributed by atoms with Crippen molar-refractivity contribution in [1.82, 2.24) is 0 Å². The number of carboxylic acids is 1. The molecule has 0 amide bonds. The van der Waals surface area contributed by atoms with Crippen LogP contribution in [-0.4, -0.2) is 34.2 Å². The lowest BCUT2D eigenvalue weighted by molar-refractivity contribution is -0.177. The second kappa shape index (κ2) is 7.59. The summed E-state index contributed by atoms with van der Waals surface area (Å²) in [5.41, 5.74) is 1.09. The highest BCUT2D eigenvalue weighted by molar-refractivity contribution is 6.10. The van der Waals surface area contributed by atoms with Crippen LogP contribution in [0.15, 0.2) is 17.7 Å². The summed E-state index contributed by atoms with van der Waals surface area (Å²) >= 11 is 0. The second-order valence-corrected chi connectivity index (χ2v) is 13.3. The SMILES string of the molecule is COc1c(O)cc2c(c1CO)C(=O)C=C1[C@@]2(C)CC[C@@]2(C)[C@@H]3C[C@](C)(C(=O)O)CC[C@]3(C)CC[C@]12C. The van der Waals surface area contributed by atoms with Crippen LogP contribution in [0.4, 0.5) is 0 Å². The summed E-state index contributed by atoms with van der Waals surface area (Å²) in [5.74, 6) is -0.534. The van der Waals surface area contributed by atoms with Gasteiger partial charge < -0.3 is 20.1 Å². The van der Waals surface area contributed by atoms with Crippen LogP contribution in [0.5, 0.6) is 11.5 Å². The van der Waals surface area contributed by atoms with Crippen LogP contribution < -0.4 is 4.74 Å². The number of aliphatic hydroxyl groups is 1. The zero-order valence-electron chi connectivity index (χ0n) is 22.5. The lowest BCUT2D eigenvalue weighted by Gasteiger charge is -2.69. The Bertz CT molecular complexity index is 1200. The molecule has 5 rings (SSSR count). The number of aromatic hydroxyl groups is 1. The maximum absolute atomic E-state index is 13.7. The molecule has 36 heavy (non-hydrogen) atoms. The molecule has 3 fully saturated rings. The third-order valence-electron chi connectivity index (χ3n) is 11.7. The summed E-state index contributed by atoms with van der Waals surface area (Å²) in [6.45, 7) is 10.7. The quantitative estimate of drug-likeness (QED) is 0.491. The Labute approximate surface area is 213 Å². The molecule has 196 valence electrons. The van der Waals surface area contributed by atoms with E-state index in [0.717, 1.165) is 43.2 Å². The van der Waals surface area contributed by atoms with Gasteiger partial charge in [-0.3, -0.25) is 9.59 Å². The lowest BCUT2D eigenvalue weighted by atomic mass is 9.34. The van der Waals surface area contributed by atoms with Gasteiger partial charge in [-0.1, -0.05) is 27.7 Å². The van der Waals surface area contributed by atoms with Crippen LogP contribution in [0.1, 0.15) is 101 Å². The molecule has 0 heterocycles. The summed E-state index contributed by atoms with van der Waals surface area (Å²) in [4.78, 5) is 26.0. The number of phenolic OH excluding ortho intramolecular Hbond substituents is 1. The number of benzene rings is 1. The first-order valence-corrected chi connectivity index (χ1v) is 13.3. The normalized spacial score (nSPS) is 41.4. The number of hydrogen-bond donors (Lipinski definition) is 3. The molecule has 0 unspecified atom stereocenters. The highest BCUT2D eigenvalue weighted by atomic mass is 16.5. The van der Waals surface area contributed by atoms with Crippen LogP contribution >= 0.6 is 0 Å². The number of phenols is 1. The van der Waals surface area contributed by atoms with Gasteiger partial charge in [-0.25, -0.2) is 0 Å². The fraction of sp³-hybridized carbons (Fsp3) is 0.667. The van der Waals surface area contributed by atoms with E-state index in [-0.39, 0.29) is 39.4 Å². The third-order valence-corrected chi connectivity index (χ3v) is 11.7. The number of aliphatic hydroxyl groups excluding tert-OH is 1. The molecule has 4 aliphatic carbocycles. The van der Waals surface area contributed by atoms with Gasteiger partial charge >= 0.3 is 5.97 Å². The van der Waals surface area contributed by atoms with Crippen molar-refractivity contribution in [2.45, 2.75) is 91.6 Å². The zero-order chi connectivity index (χ0) is 26.5. The Balaban J connectivity index is 1.67. The minimum Gasteiger partial charge on any atom is -0.504 e. The van der Waals surface area contributed by atoms with Gasteiger partial charge in [-0.15, -0.1) is 0 Å². The van der Waals surface area contributed by atoms with Crippen molar-refractivity contribution in [1.29, 1.82) is 0 Å². The third kappa shape index (κ3) is 2.94. The van der Waals surface area contributed by atoms with Crippen molar-refractivity contribution in [2.24, 2.45) is 27.6 Å². The van der Waals surface area contributed by atoms with Crippen molar-refractivity contribution in [3.63, 3.8) is 0 Å². The van der Waals surface area contributed by atoms with E-state index < -0.39 is 23.4 Å². The molecule has 6 nitrogen and oxygen atoms in total. The first-order chi connectivity index (χ1) is 16.7. The maximum atomic E-state index is 13.7. The van der Waals surface area contributed by atoms with Gasteiger partial charge in [0.05, 0.1) is 19.1 Å². The number of fused-ring (bicyclic) bond motifs is 7. The van der Waals surface area contributed by atoms with Crippen molar-refractivity contribution in [2.75, 3.05) is 7.11 Å². The van der Waals surface area contributed by atoms with Crippen molar-refractivity contribution in [3.05, 3.63) is 34.4 Å². The molecule has 0 aliphatic heterocycles. The Kier molecular flexibility index (Phi) is 5.34. The molecular formula is C30H40O6. The zero-order valence-corrected chi connectivity index (χ0v) is 22.5. The van der Waals surface area contributed by atoms with Gasteiger partial charge in [0.1, 0.15) is 0 Å². The summed E-state index contributed by atoms with van der Waals surface area (Å²) in [5, 5.41) is 31.0. The number of ether oxygens (including phenoxy) is 1. The average molecular weight is 497 g/mol. The largest absolute Gasteiger partial charge is 0.504 e. The van der Waals surface area contributed by atoms with Gasteiger partial charge in [0, 0.05) is 16.5 Å². The number of carbonyl (C=O) groups excluding carboxylic acids is 1. The van der Waals surface area contributed by atoms with E-state index >= 15 is 0 Å². The minimum absolute atomic E-state index is 0.0604. The number of hydrogen-bond acceptors (Lipinski definition) is 5. The number of aliphatic carboxylic acids is 1. The molecule has 1 aromatic rings. The van der Waals surface area contributed by atoms with Crippen molar-refractivity contribution in [3.8, 4) is 11.5 Å². The molecule has 6 heteroatoms. The van der Waals surface area contributed by atoms with Gasteiger partial charge in [0.25, 0.3) is 0 Å². The number of carboxylic acid groups (broad SMARTS) is 1. The monoisotopic (exact) mass is 496 g/mol. The molecule has 4 aliphatic rings. The summed E-state index contributed by atoms with van der Waals surface area (Å²) in [6, 6.07) is 1.67. The summed E-state index contributed by atoms with van der Waals surface area (Å²) in [7, 11) is 1.43. The molecule has 3 N–H and O–H groups in total. The molecule has 0 aromatic heterocycles. The molecule has 3 saturated carbocycles. The van der Waals surface area contributed by atoms with Crippen LogP contribution in [0.3, 0.4) is 0 Å². The van der Waals surface area contributed by atoms with Crippen LogP contribution in [0.2, 0.25) is 0 Å². The first-order valence-electron chi connectivity index (χ1n) is 13.3. The molecule has 1 aromatic carbocycles. The molecule has 0 saturated heterocycles. The van der Waals surface area contributed by atoms with Gasteiger partial charge in [-0.2, -0.15) is 0 Å². The number of carbonyl (C=O) groups is 2. The van der Waals surface area contributed by atoms with Gasteiger partial charge in [-0.05, 0) is 97.3 Å². The van der Waals surface area contributed by atoms with E-state index in [9.17, 15) is 24.9 Å².